The van der Waals surface area contributed by atoms with E-state index >= 15 is 0 Å². The third kappa shape index (κ3) is 5.62. The van der Waals surface area contributed by atoms with Crippen molar-refractivity contribution in [2.75, 3.05) is 24.6 Å². The molecule has 1 fully saturated rings. The molecule has 27 heavy (non-hydrogen) atoms. The summed E-state index contributed by atoms with van der Waals surface area (Å²) in [6.07, 6.45) is 0.168. The van der Waals surface area contributed by atoms with E-state index in [-0.39, 0.29) is 18.6 Å². The Bertz CT molecular complexity index is 767. The van der Waals surface area contributed by atoms with Gasteiger partial charge in [0.05, 0.1) is 19.7 Å². The normalized spacial score (nSPS) is 16.1. The Balaban J connectivity index is 1.35. The Morgan fingerprint density at radius 3 is 2.67 bits per heavy atom. The Morgan fingerprint density at radius 2 is 1.93 bits per heavy atom. The second kappa shape index (κ2) is 9.28. The first-order chi connectivity index (χ1) is 13.1. The maximum absolute atomic E-state index is 12.0. The Kier molecular flexibility index (Phi) is 6.54. The zero-order valence-electron chi connectivity index (χ0n) is 14.8. The summed E-state index contributed by atoms with van der Waals surface area (Å²) in [7, 11) is 0. The minimum absolute atomic E-state index is 0.0901. The van der Waals surface area contributed by atoms with Crippen LogP contribution in [-0.4, -0.2) is 37.8 Å². The van der Waals surface area contributed by atoms with Crippen LogP contribution in [0.4, 0.5) is 10.5 Å². The molecular weight excluding hydrogens is 368 g/mol. The lowest BCUT2D eigenvalue weighted by Gasteiger charge is -2.13. The standard InChI is InChI=1S/C20H21ClN2O4/c21-15-8-10-16(11-9-15)23-14-18(27-20(23)25)13-22-19(24)7-4-12-26-17-5-2-1-3-6-17/h1-3,5-6,8-11,18H,4,7,12-14H2,(H,22,24). The van der Waals surface area contributed by atoms with Gasteiger partial charge in [0.15, 0.2) is 0 Å². The van der Waals surface area contributed by atoms with Crippen LogP contribution in [0.3, 0.4) is 0 Å². The number of ether oxygens (including phenoxy) is 2. The highest BCUT2D eigenvalue weighted by atomic mass is 35.5. The second-order valence-electron chi connectivity index (χ2n) is 6.16. The number of nitrogens with zero attached hydrogens (tertiary/aromatic N) is 1. The van der Waals surface area contributed by atoms with Gasteiger partial charge in [-0.05, 0) is 42.8 Å². The van der Waals surface area contributed by atoms with Gasteiger partial charge in [0.2, 0.25) is 5.91 Å². The van der Waals surface area contributed by atoms with Gasteiger partial charge in [-0.3, -0.25) is 9.69 Å². The van der Waals surface area contributed by atoms with Gasteiger partial charge in [0.25, 0.3) is 0 Å². The van der Waals surface area contributed by atoms with E-state index in [0.717, 1.165) is 11.4 Å². The van der Waals surface area contributed by atoms with Crippen molar-refractivity contribution in [1.29, 1.82) is 0 Å². The quantitative estimate of drug-likeness (QED) is 0.701. The highest BCUT2D eigenvalue weighted by Gasteiger charge is 2.32. The fourth-order valence-electron chi connectivity index (χ4n) is 2.72. The van der Waals surface area contributed by atoms with Crippen LogP contribution in [0.1, 0.15) is 12.8 Å². The summed E-state index contributed by atoms with van der Waals surface area (Å²) >= 11 is 5.86. The van der Waals surface area contributed by atoms with Crippen LogP contribution in [0.15, 0.2) is 54.6 Å². The summed E-state index contributed by atoms with van der Waals surface area (Å²) in [4.78, 5) is 25.5. The Morgan fingerprint density at radius 1 is 1.19 bits per heavy atom. The predicted molar refractivity (Wildman–Crippen MR) is 103 cm³/mol. The molecule has 0 bridgehead atoms. The van der Waals surface area contributed by atoms with Crippen molar-refractivity contribution in [3.05, 3.63) is 59.6 Å². The number of hydrogen-bond acceptors (Lipinski definition) is 4. The van der Waals surface area contributed by atoms with E-state index in [2.05, 4.69) is 5.32 Å². The molecule has 0 spiro atoms. The molecule has 1 aliphatic heterocycles. The van der Waals surface area contributed by atoms with Crippen molar-refractivity contribution >= 4 is 29.3 Å². The van der Waals surface area contributed by atoms with E-state index < -0.39 is 6.09 Å². The molecule has 1 heterocycles. The molecule has 0 aromatic heterocycles. The maximum atomic E-state index is 12.0. The molecule has 1 N–H and O–H groups in total. The van der Waals surface area contributed by atoms with Crippen molar-refractivity contribution in [2.24, 2.45) is 0 Å². The zero-order valence-corrected chi connectivity index (χ0v) is 15.5. The summed E-state index contributed by atoms with van der Waals surface area (Å²) in [5.74, 6) is 0.700. The summed E-state index contributed by atoms with van der Waals surface area (Å²) in [6, 6.07) is 16.4. The SMILES string of the molecule is O=C(CCCOc1ccccc1)NCC1CN(c2ccc(Cl)cc2)C(=O)O1. The number of cyclic esters (lactones) is 1. The van der Waals surface area contributed by atoms with E-state index in [4.69, 9.17) is 21.1 Å². The van der Waals surface area contributed by atoms with Crippen molar-refractivity contribution in [1.82, 2.24) is 5.32 Å². The summed E-state index contributed by atoms with van der Waals surface area (Å²) in [5.41, 5.74) is 0.719. The van der Waals surface area contributed by atoms with E-state index in [0.29, 0.717) is 31.0 Å². The highest BCUT2D eigenvalue weighted by Crippen LogP contribution is 2.23. The monoisotopic (exact) mass is 388 g/mol. The number of carbonyl (C=O) groups excluding carboxylic acids is 2. The number of anilines is 1. The third-order valence-electron chi connectivity index (χ3n) is 4.10. The zero-order chi connectivity index (χ0) is 19.1. The minimum atomic E-state index is -0.423. The molecule has 1 aliphatic rings. The summed E-state index contributed by atoms with van der Waals surface area (Å²) in [6.45, 7) is 1.15. The summed E-state index contributed by atoms with van der Waals surface area (Å²) < 4.78 is 10.9. The van der Waals surface area contributed by atoms with Gasteiger partial charge in [-0.2, -0.15) is 0 Å². The fraction of sp³-hybridized carbons (Fsp3) is 0.300. The van der Waals surface area contributed by atoms with Crippen molar-refractivity contribution < 1.29 is 19.1 Å². The lowest BCUT2D eigenvalue weighted by Crippen LogP contribution is -2.34. The van der Waals surface area contributed by atoms with Gasteiger partial charge in [-0.15, -0.1) is 0 Å². The van der Waals surface area contributed by atoms with Crippen molar-refractivity contribution in [3.63, 3.8) is 0 Å². The van der Waals surface area contributed by atoms with Gasteiger partial charge in [-0.25, -0.2) is 4.79 Å². The molecule has 142 valence electrons. The van der Waals surface area contributed by atoms with Gasteiger partial charge in [-0.1, -0.05) is 29.8 Å². The second-order valence-corrected chi connectivity index (χ2v) is 6.60. The third-order valence-corrected chi connectivity index (χ3v) is 4.35. The molecule has 2 aromatic carbocycles. The van der Waals surface area contributed by atoms with Crippen LogP contribution >= 0.6 is 11.6 Å². The molecule has 7 heteroatoms. The maximum Gasteiger partial charge on any atom is 0.414 e. The lowest BCUT2D eigenvalue weighted by molar-refractivity contribution is -0.121. The van der Waals surface area contributed by atoms with E-state index in [1.54, 1.807) is 24.3 Å². The number of para-hydroxylation sites is 1. The molecule has 0 radical (unpaired) electrons. The first-order valence-electron chi connectivity index (χ1n) is 8.80. The minimum Gasteiger partial charge on any atom is -0.494 e. The fourth-order valence-corrected chi connectivity index (χ4v) is 2.84. The van der Waals surface area contributed by atoms with Crippen LogP contribution in [0.5, 0.6) is 5.75 Å². The molecule has 1 unspecified atom stereocenters. The molecule has 2 aromatic rings. The van der Waals surface area contributed by atoms with Gasteiger partial charge in [0, 0.05) is 17.1 Å². The number of carbonyl (C=O) groups is 2. The topological polar surface area (TPSA) is 67.9 Å². The molecule has 1 saturated heterocycles. The van der Waals surface area contributed by atoms with Crippen LogP contribution in [-0.2, 0) is 9.53 Å². The van der Waals surface area contributed by atoms with Crippen molar-refractivity contribution in [2.45, 2.75) is 18.9 Å². The molecule has 6 nitrogen and oxygen atoms in total. The average Bonchev–Trinajstić information content (AvgIpc) is 3.06. The van der Waals surface area contributed by atoms with Crippen LogP contribution in [0.2, 0.25) is 5.02 Å². The molecular formula is C20H21ClN2O4. The Labute approximate surface area is 163 Å². The van der Waals surface area contributed by atoms with Gasteiger partial charge < -0.3 is 14.8 Å². The number of benzene rings is 2. The first kappa shape index (κ1) is 19.0. The lowest BCUT2D eigenvalue weighted by atomic mass is 10.2. The summed E-state index contributed by atoms with van der Waals surface area (Å²) in [5, 5.41) is 3.41. The van der Waals surface area contributed by atoms with Crippen LogP contribution < -0.4 is 15.0 Å². The molecule has 0 saturated carbocycles. The number of halogens is 1. The number of nitrogens with one attached hydrogen (secondary N) is 1. The van der Waals surface area contributed by atoms with E-state index in [9.17, 15) is 9.59 Å². The highest BCUT2D eigenvalue weighted by molar-refractivity contribution is 6.30. The van der Waals surface area contributed by atoms with Crippen molar-refractivity contribution in [3.8, 4) is 5.75 Å². The molecule has 2 amide bonds. The molecule has 0 aliphatic carbocycles. The predicted octanol–water partition coefficient (Wildman–Crippen LogP) is 3.64. The number of hydrogen-bond donors (Lipinski definition) is 1. The van der Waals surface area contributed by atoms with E-state index in [1.807, 2.05) is 30.3 Å². The average molecular weight is 389 g/mol. The first-order valence-corrected chi connectivity index (χ1v) is 9.18. The smallest absolute Gasteiger partial charge is 0.414 e. The number of rotatable bonds is 8. The number of amides is 2. The molecule has 1 atom stereocenters. The van der Waals surface area contributed by atoms with Gasteiger partial charge >= 0.3 is 6.09 Å². The van der Waals surface area contributed by atoms with E-state index in [1.165, 1.54) is 4.90 Å². The Hall–Kier alpha value is -2.73. The largest absolute Gasteiger partial charge is 0.494 e. The van der Waals surface area contributed by atoms with Crippen LogP contribution in [0.25, 0.3) is 0 Å². The molecule has 3 rings (SSSR count). The van der Waals surface area contributed by atoms with Crippen LogP contribution in [0, 0.1) is 0 Å². The van der Waals surface area contributed by atoms with Gasteiger partial charge in [0.1, 0.15) is 11.9 Å².